The molecule has 0 aliphatic carbocycles. The van der Waals surface area contributed by atoms with E-state index >= 15 is 0 Å². The molecule has 0 saturated carbocycles. The van der Waals surface area contributed by atoms with E-state index in [4.69, 9.17) is 4.74 Å². The Kier molecular flexibility index (Phi) is 4.85. The van der Waals surface area contributed by atoms with E-state index in [1.165, 1.54) is 13.2 Å². The van der Waals surface area contributed by atoms with Gasteiger partial charge in [0.2, 0.25) is 0 Å². The van der Waals surface area contributed by atoms with Crippen LogP contribution in [0.4, 0.5) is 0 Å². The van der Waals surface area contributed by atoms with E-state index in [9.17, 15) is 16.8 Å². The fraction of sp³-hybridized carbons (Fsp3) is 0.636. The van der Waals surface area contributed by atoms with Crippen LogP contribution in [0, 0.1) is 0 Å². The quantitative estimate of drug-likeness (QED) is 0.730. The second-order valence-corrected chi connectivity index (χ2v) is 10.1. The van der Waals surface area contributed by atoms with Crippen molar-refractivity contribution < 1.29 is 21.6 Å². The molecule has 0 radical (unpaired) electrons. The van der Waals surface area contributed by atoms with Crippen LogP contribution in [0.25, 0.3) is 0 Å². The topological polar surface area (TPSA) is 89.5 Å². The summed E-state index contributed by atoms with van der Waals surface area (Å²) in [4.78, 5) is 0. The van der Waals surface area contributed by atoms with Crippen molar-refractivity contribution in [2.24, 2.45) is 0 Å². The monoisotopic (exact) mass is 339 g/mol. The lowest BCUT2D eigenvalue weighted by Crippen LogP contribution is -2.44. The zero-order valence-electron chi connectivity index (χ0n) is 11.0. The Hall–Kier alpha value is -0.480. The molecule has 1 aliphatic rings. The summed E-state index contributed by atoms with van der Waals surface area (Å²) in [6, 6.07) is 2.58. The molecule has 0 amide bonds. The van der Waals surface area contributed by atoms with Crippen LogP contribution in [0.15, 0.2) is 21.7 Å². The number of methoxy groups -OCH3 is 1. The molecule has 20 heavy (non-hydrogen) atoms. The minimum Gasteiger partial charge on any atom is -0.383 e. The van der Waals surface area contributed by atoms with Gasteiger partial charge >= 0.3 is 0 Å². The lowest BCUT2D eigenvalue weighted by Gasteiger charge is -2.18. The van der Waals surface area contributed by atoms with Crippen LogP contribution in [0.5, 0.6) is 0 Å². The smallest absolute Gasteiger partial charge is 0.193 e. The van der Waals surface area contributed by atoms with Gasteiger partial charge in [-0.2, -0.15) is 0 Å². The average molecular weight is 339 g/mol. The van der Waals surface area contributed by atoms with E-state index in [-0.39, 0.29) is 15.7 Å². The fourth-order valence-corrected chi connectivity index (χ4v) is 8.17. The zero-order chi connectivity index (χ0) is 14.8. The number of nitrogens with one attached hydrogen (secondary N) is 1. The second-order valence-electron chi connectivity index (χ2n) is 4.65. The Labute approximate surface area is 123 Å². The molecule has 2 heterocycles. The maximum absolute atomic E-state index is 12.5. The molecule has 1 aliphatic heterocycles. The SMILES string of the molecule is COCCN[C@H]1CS(=O)(=O)C[C@@H]1S(=O)(=O)c1cccs1. The van der Waals surface area contributed by atoms with Crippen molar-refractivity contribution >= 4 is 31.0 Å². The molecule has 2 rings (SSSR count). The van der Waals surface area contributed by atoms with Gasteiger partial charge in [0.15, 0.2) is 19.7 Å². The first-order valence-electron chi connectivity index (χ1n) is 6.07. The molecule has 9 heteroatoms. The Bertz CT molecular complexity index is 636. The van der Waals surface area contributed by atoms with Crippen molar-refractivity contribution in [3.8, 4) is 0 Å². The number of hydrogen-bond donors (Lipinski definition) is 1. The Morgan fingerprint density at radius 3 is 2.80 bits per heavy atom. The van der Waals surface area contributed by atoms with Crippen molar-refractivity contribution in [1.29, 1.82) is 0 Å². The van der Waals surface area contributed by atoms with Gasteiger partial charge in [0.1, 0.15) is 4.21 Å². The van der Waals surface area contributed by atoms with E-state index in [0.717, 1.165) is 11.3 Å². The first kappa shape index (κ1) is 15.9. The van der Waals surface area contributed by atoms with Gasteiger partial charge in [-0.05, 0) is 11.4 Å². The molecule has 114 valence electrons. The van der Waals surface area contributed by atoms with Crippen molar-refractivity contribution in [1.82, 2.24) is 5.32 Å². The Morgan fingerprint density at radius 2 is 2.20 bits per heavy atom. The highest BCUT2D eigenvalue weighted by atomic mass is 32.2. The van der Waals surface area contributed by atoms with Gasteiger partial charge in [-0.15, -0.1) is 11.3 Å². The van der Waals surface area contributed by atoms with Crippen molar-refractivity contribution in [2.45, 2.75) is 15.5 Å². The number of hydrogen-bond acceptors (Lipinski definition) is 7. The molecular weight excluding hydrogens is 322 g/mol. The van der Waals surface area contributed by atoms with Crippen LogP contribution in [-0.4, -0.2) is 59.9 Å². The molecular formula is C11H17NO5S3. The molecule has 1 aromatic rings. The maximum Gasteiger partial charge on any atom is 0.193 e. The normalized spacial score (nSPS) is 25.9. The predicted octanol–water partition coefficient (Wildman–Crippen LogP) is -0.0766. The summed E-state index contributed by atoms with van der Waals surface area (Å²) in [6.07, 6.45) is 0. The largest absolute Gasteiger partial charge is 0.383 e. The number of ether oxygens (including phenoxy) is 1. The van der Waals surface area contributed by atoms with Crippen molar-refractivity contribution in [2.75, 3.05) is 31.8 Å². The first-order chi connectivity index (χ1) is 9.37. The van der Waals surface area contributed by atoms with Crippen LogP contribution in [-0.2, 0) is 24.4 Å². The first-order valence-corrected chi connectivity index (χ1v) is 10.3. The summed E-state index contributed by atoms with van der Waals surface area (Å²) in [7, 11) is -5.42. The average Bonchev–Trinajstić information content (AvgIpc) is 2.97. The number of sulfone groups is 2. The Balaban J connectivity index is 2.23. The number of rotatable bonds is 6. The summed E-state index contributed by atoms with van der Waals surface area (Å²) in [6.45, 7) is 0.829. The molecule has 1 fully saturated rings. The van der Waals surface area contributed by atoms with Gasteiger partial charge < -0.3 is 10.1 Å². The highest BCUT2D eigenvalue weighted by Gasteiger charge is 2.45. The molecule has 0 aromatic carbocycles. The van der Waals surface area contributed by atoms with Crippen LogP contribution in [0.2, 0.25) is 0 Å². The van der Waals surface area contributed by atoms with Gasteiger partial charge in [0.05, 0.1) is 23.4 Å². The number of thiophene rings is 1. The van der Waals surface area contributed by atoms with Gasteiger partial charge in [-0.3, -0.25) is 0 Å². The Morgan fingerprint density at radius 1 is 1.45 bits per heavy atom. The highest BCUT2D eigenvalue weighted by molar-refractivity contribution is 7.97. The van der Waals surface area contributed by atoms with Crippen molar-refractivity contribution in [3.05, 3.63) is 17.5 Å². The third kappa shape index (κ3) is 3.40. The summed E-state index contributed by atoms with van der Waals surface area (Å²) < 4.78 is 53.6. The van der Waals surface area contributed by atoms with Crippen LogP contribution < -0.4 is 5.32 Å². The van der Waals surface area contributed by atoms with Gasteiger partial charge in [-0.1, -0.05) is 6.07 Å². The summed E-state index contributed by atoms with van der Waals surface area (Å²) >= 11 is 1.11. The fourth-order valence-electron chi connectivity index (χ4n) is 2.23. The summed E-state index contributed by atoms with van der Waals surface area (Å²) in [5.74, 6) is -0.468. The molecule has 1 saturated heterocycles. The van der Waals surface area contributed by atoms with E-state index in [1.807, 2.05) is 0 Å². The molecule has 1 N–H and O–H groups in total. The molecule has 0 unspecified atom stereocenters. The van der Waals surface area contributed by atoms with E-state index < -0.39 is 31.0 Å². The minimum absolute atomic E-state index is 0.147. The molecule has 0 spiro atoms. The van der Waals surface area contributed by atoms with Gasteiger partial charge in [0, 0.05) is 19.7 Å². The van der Waals surface area contributed by atoms with E-state index in [0.29, 0.717) is 13.2 Å². The van der Waals surface area contributed by atoms with E-state index in [2.05, 4.69) is 5.32 Å². The van der Waals surface area contributed by atoms with Crippen LogP contribution in [0.1, 0.15) is 0 Å². The van der Waals surface area contributed by atoms with E-state index in [1.54, 1.807) is 11.4 Å². The molecule has 0 bridgehead atoms. The molecule has 6 nitrogen and oxygen atoms in total. The summed E-state index contributed by atoms with van der Waals surface area (Å²) in [5.41, 5.74) is 0. The second kappa shape index (κ2) is 6.10. The maximum atomic E-state index is 12.5. The summed E-state index contributed by atoms with van der Waals surface area (Å²) in [5, 5.41) is 3.72. The predicted molar refractivity (Wildman–Crippen MR) is 77.6 cm³/mol. The zero-order valence-corrected chi connectivity index (χ0v) is 13.4. The van der Waals surface area contributed by atoms with Gasteiger partial charge in [0.25, 0.3) is 0 Å². The molecule has 2 atom stereocenters. The van der Waals surface area contributed by atoms with Crippen LogP contribution in [0.3, 0.4) is 0 Å². The van der Waals surface area contributed by atoms with Crippen molar-refractivity contribution in [3.63, 3.8) is 0 Å². The van der Waals surface area contributed by atoms with Crippen LogP contribution >= 0.6 is 11.3 Å². The standard InChI is InChI=1S/C11H17NO5S3/c1-17-5-4-12-9-7-19(13,14)8-10(9)20(15,16)11-3-2-6-18-11/h2-3,6,9-10,12H,4-5,7-8H2,1H3/t9-,10-/m0/s1. The molecule has 1 aromatic heterocycles. The highest BCUT2D eigenvalue weighted by Crippen LogP contribution is 2.28. The third-order valence-corrected chi connectivity index (χ3v) is 8.77. The lowest BCUT2D eigenvalue weighted by molar-refractivity contribution is 0.196. The minimum atomic E-state index is -3.62. The third-order valence-electron chi connectivity index (χ3n) is 3.19. The van der Waals surface area contributed by atoms with Gasteiger partial charge in [-0.25, -0.2) is 16.8 Å². The lowest BCUT2D eigenvalue weighted by atomic mass is 10.2.